The van der Waals surface area contributed by atoms with Crippen LogP contribution >= 0.6 is 0 Å². The highest BCUT2D eigenvalue weighted by atomic mass is 16.5. The second kappa shape index (κ2) is 6.24. The highest BCUT2D eigenvalue weighted by Crippen LogP contribution is 2.23. The molecule has 3 rings (SSSR count). The zero-order valence-electron chi connectivity index (χ0n) is 12.4. The number of nitriles is 1. The Bertz CT molecular complexity index is 851. The number of hydrogen-bond acceptors (Lipinski definition) is 4. The van der Waals surface area contributed by atoms with Crippen molar-refractivity contribution < 1.29 is 9.53 Å². The number of amidine groups is 1. The van der Waals surface area contributed by atoms with Gasteiger partial charge in [-0.3, -0.25) is 4.79 Å². The summed E-state index contributed by atoms with van der Waals surface area (Å²) in [5.74, 6) is 0.00495. The molecule has 0 bridgehead atoms. The molecule has 112 valence electrons. The summed E-state index contributed by atoms with van der Waals surface area (Å²) in [7, 11) is 1.56. The smallest absolute Gasteiger partial charge is 0.260 e. The Kier molecular flexibility index (Phi) is 3.98. The number of fused-ring (bicyclic) bond motifs is 1. The van der Waals surface area contributed by atoms with Crippen LogP contribution in [0.5, 0.6) is 5.75 Å². The van der Waals surface area contributed by atoms with E-state index in [1.54, 1.807) is 37.5 Å². The molecule has 1 aromatic rings. The van der Waals surface area contributed by atoms with Gasteiger partial charge in [-0.15, -0.1) is 0 Å². The van der Waals surface area contributed by atoms with Gasteiger partial charge in [-0.05, 0) is 18.2 Å². The van der Waals surface area contributed by atoms with Gasteiger partial charge in [0.2, 0.25) is 0 Å². The third kappa shape index (κ3) is 2.87. The molecule has 0 fully saturated rings. The van der Waals surface area contributed by atoms with Gasteiger partial charge in [0.15, 0.2) is 5.84 Å². The van der Waals surface area contributed by atoms with Gasteiger partial charge in [-0.2, -0.15) is 10.3 Å². The number of carbonyl (C=O) groups excluding carboxylic acids is 1. The van der Waals surface area contributed by atoms with Gasteiger partial charge in [0.25, 0.3) is 5.91 Å². The maximum absolute atomic E-state index is 12.1. The number of carbonyl (C=O) groups is 1. The number of benzene rings is 1. The fraction of sp³-hybridized carbons (Fsp3) is 0.111. The molecule has 23 heavy (non-hydrogen) atoms. The van der Waals surface area contributed by atoms with E-state index in [0.717, 1.165) is 5.56 Å². The molecule has 1 unspecified atom stereocenters. The lowest BCUT2D eigenvalue weighted by atomic mass is 9.96. The largest absolute Gasteiger partial charge is 0.496 e. The number of allylic oxidation sites excluding steroid dienone is 3. The molecule has 0 aromatic heterocycles. The highest BCUT2D eigenvalue weighted by Gasteiger charge is 2.27. The minimum Gasteiger partial charge on any atom is -0.496 e. The number of amides is 1. The number of rotatable bonds is 3. The number of para-hydroxylation sites is 1. The zero-order valence-corrected chi connectivity index (χ0v) is 12.4. The van der Waals surface area contributed by atoms with E-state index in [9.17, 15) is 10.1 Å². The molecule has 0 radical (unpaired) electrons. The third-order valence-corrected chi connectivity index (χ3v) is 3.52. The van der Waals surface area contributed by atoms with Gasteiger partial charge >= 0.3 is 0 Å². The van der Waals surface area contributed by atoms with E-state index in [1.807, 2.05) is 24.3 Å². The Morgan fingerprint density at radius 3 is 2.91 bits per heavy atom. The molecular weight excluding hydrogens is 290 g/mol. The van der Waals surface area contributed by atoms with Gasteiger partial charge in [0, 0.05) is 5.56 Å². The molecule has 1 aliphatic carbocycles. The van der Waals surface area contributed by atoms with E-state index < -0.39 is 5.92 Å². The van der Waals surface area contributed by atoms with Crippen molar-refractivity contribution in [3.05, 3.63) is 59.7 Å². The molecule has 1 amide bonds. The van der Waals surface area contributed by atoms with Gasteiger partial charge < -0.3 is 4.74 Å². The molecule has 5 nitrogen and oxygen atoms in total. The van der Waals surface area contributed by atoms with Crippen LogP contribution in [0.15, 0.2) is 64.1 Å². The fourth-order valence-electron chi connectivity index (χ4n) is 2.38. The Morgan fingerprint density at radius 1 is 1.30 bits per heavy atom. The van der Waals surface area contributed by atoms with Crippen LogP contribution in [-0.4, -0.2) is 24.6 Å². The van der Waals surface area contributed by atoms with E-state index in [2.05, 4.69) is 16.1 Å². The minimum atomic E-state index is -0.449. The summed E-state index contributed by atoms with van der Waals surface area (Å²) < 4.78 is 5.27. The van der Waals surface area contributed by atoms with Crippen molar-refractivity contribution in [1.82, 2.24) is 0 Å². The highest BCUT2D eigenvalue weighted by molar-refractivity contribution is 6.26. The van der Waals surface area contributed by atoms with Gasteiger partial charge in [0.1, 0.15) is 17.7 Å². The van der Waals surface area contributed by atoms with Crippen molar-refractivity contribution in [2.24, 2.45) is 15.9 Å². The Morgan fingerprint density at radius 2 is 2.13 bits per heavy atom. The monoisotopic (exact) mass is 303 g/mol. The van der Waals surface area contributed by atoms with Crippen LogP contribution in [0.4, 0.5) is 0 Å². The summed E-state index contributed by atoms with van der Waals surface area (Å²) in [6.07, 6.45) is 8.73. The van der Waals surface area contributed by atoms with Crippen molar-refractivity contribution >= 4 is 23.5 Å². The molecule has 1 aliphatic heterocycles. The SMILES string of the molecule is COc1ccccc1/C=C(\C#N)C1=NC(=O)C2C=CC=CC2=N1. The number of aliphatic imine (C=N–C) groups is 2. The van der Waals surface area contributed by atoms with Crippen LogP contribution < -0.4 is 4.74 Å². The first-order valence-corrected chi connectivity index (χ1v) is 7.04. The molecule has 1 heterocycles. The lowest BCUT2D eigenvalue weighted by Gasteiger charge is -2.17. The summed E-state index contributed by atoms with van der Waals surface area (Å²) in [5.41, 5.74) is 1.54. The molecule has 5 heteroatoms. The molecule has 0 N–H and O–H groups in total. The standard InChI is InChI=1S/C18H13N3O2/c1-23-16-9-5-2-6-12(16)10-13(11-19)17-20-15-8-4-3-7-14(15)18(22)21-17/h2-10,14H,1H3/b13-10+. The maximum atomic E-state index is 12.1. The van der Waals surface area contributed by atoms with Crippen LogP contribution in [0.25, 0.3) is 6.08 Å². The molecular formula is C18H13N3O2. The minimum absolute atomic E-state index is 0.134. The van der Waals surface area contributed by atoms with Crippen molar-refractivity contribution in [3.8, 4) is 11.8 Å². The van der Waals surface area contributed by atoms with Crippen molar-refractivity contribution in [2.45, 2.75) is 0 Å². The van der Waals surface area contributed by atoms with E-state index in [4.69, 9.17) is 4.74 Å². The first-order valence-electron chi connectivity index (χ1n) is 7.04. The summed E-state index contributed by atoms with van der Waals surface area (Å²) in [6.45, 7) is 0. The predicted molar refractivity (Wildman–Crippen MR) is 88.2 cm³/mol. The van der Waals surface area contributed by atoms with Crippen LogP contribution in [0, 0.1) is 17.2 Å². The Labute approximate surface area is 133 Å². The topological polar surface area (TPSA) is 74.8 Å². The van der Waals surface area contributed by atoms with Crippen LogP contribution in [0.3, 0.4) is 0 Å². The van der Waals surface area contributed by atoms with E-state index >= 15 is 0 Å². The summed E-state index contributed by atoms with van der Waals surface area (Å²) in [6, 6.07) is 9.36. The first kappa shape index (κ1) is 14.7. The average Bonchev–Trinajstić information content (AvgIpc) is 2.60. The predicted octanol–water partition coefficient (Wildman–Crippen LogP) is 2.72. The Balaban J connectivity index is 2.02. The zero-order chi connectivity index (χ0) is 16.2. The molecule has 1 atom stereocenters. The molecule has 2 aliphatic rings. The van der Waals surface area contributed by atoms with Gasteiger partial charge in [-0.1, -0.05) is 36.4 Å². The molecule has 1 aromatic carbocycles. The van der Waals surface area contributed by atoms with Crippen LogP contribution in [0.1, 0.15) is 5.56 Å². The van der Waals surface area contributed by atoms with Gasteiger partial charge in [-0.25, -0.2) is 4.99 Å². The van der Waals surface area contributed by atoms with E-state index in [0.29, 0.717) is 11.5 Å². The summed E-state index contributed by atoms with van der Waals surface area (Å²) >= 11 is 0. The number of methoxy groups -OCH3 is 1. The second-order valence-electron chi connectivity index (χ2n) is 4.94. The number of ether oxygens (including phenoxy) is 1. The van der Waals surface area contributed by atoms with Crippen LogP contribution in [-0.2, 0) is 4.79 Å². The lowest BCUT2D eigenvalue weighted by molar-refractivity contribution is -0.118. The summed E-state index contributed by atoms with van der Waals surface area (Å²) in [4.78, 5) is 20.4. The second-order valence-corrected chi connectivity index (χ2v) is 4.94. The van der Waals surface area contributed by atoms with Crippen LogP contribution in [0.2, 0.25) is 0 Å². The Hall–Kier alpha value is -3.26. The van der Waals surface area contributed by atoms with E-state index in [1.165, 1.54) is 0 Å². The maximum Gasteiger partial charge on any atom is 0.260 e. The first-order chi connectivity index (χ1) is 11.2. The number of hydrogen-bond donors (Lipinski definition) is 0. The quantitative estimate of drug-likeness (QED) is 0.806. The number of nitrogens with zero attached hydrogens (tertiary/aromatic N) is 3. The normalized spacial score (nSPS) is 19.6. The fourth-order valence-corrected chi connectivity index (χ4v) is 2.38. The molecule has 0 spiro atoms. The van der Waals surface area contributed by atoms with Crippen molar-refractivity contribution in [3.63, 3.8) is 0 Å². The average molecular weight is 303 g/mol. The van der Waals surface area contributed by atoms with Crippen molar-refractivity contribution in [2.75, 3.05) is 7.11 Å². The van der Waals surface area contributed by atoms with Crippen molar-refractivity contribution in [1.29, 1.82) is 5.26 Å². The molecule has 0 saturated heterocycles. The van der Waals surface area contributed by atoms with Gasteiger partial charge in [0.05, 0.1) is 18.4 Å². The van der Waals surface area contributed by atoms with E-state index in [-0.39, 0.29) is 17.3 Å². The third-order valence-electron chi connectivity index (χ3n) is 3.52. The summed E-state index contributed by atoms with van der Waals surface area (Å²) in [5, 5.41) is 9.43. The molecule has 0 saturated carbocycles. The lowest BCUT2D eigenvalue weighted by Crippen LogP contribution is -2.27.